The van der Waals surface area contributed by atoms with E-state index in [0.717, 1.165) is 18.4 Å². The molecule has 1 N–H and O–H groups in total. The Kier molecular flexibility index (Phi) is 3.94. The first kappa shape index (κ1) is 14.1. The van der Waals surface area contributed by atoms with Gasteiger partial charge in [0.2, 0.25) is 0 Å². The lowest BCUT2D eigenvalue weighted by atomic mass is 9.89. The first-order valence-electron chi connectivity index (χ1n) is 6.46. The summed E-state index contributed by atoms with van der Waals surface area (Å²) in [4.78, 5) is 11.5. The lowest BCUT2D eigenvalue weighted by Gasteiger charge is -2.28. The van der Waals surface area contributed by atoms with Gasteiger partial charge in [0.25, 0.3) is 0 Å². The van der Waals surface area contributed by atoms with Gasteiger partial charge in [0, 0.05) is 0 Å². The monoisotopic (exact) mass is 282 g/mol. The Morgan fingerprint density at radius 2 is 1.74 bits per heavy atom. The highest BCUT2D eigenvalue weighted by molar-refractivity contribution is 7.92. The summed E-state index contributed by atoms with van der Waals surface area (Å²) in [7, 11) is -3.55. The van der Waals surface area contributed by atoms with Crippen LogP contribution in [-0.2, 0) is 14.6 Å². The van der Waals surface area contributed by atoms with E-state index >= 15 is 0 Å². The minimum atomic E-state index is -3.55. The second kappa shape index (κ2) is 5.33. The average Bonchev–Trinajstić information content (AvgIpc) is 2.39. The van der Waals surface area contributed by atoms with E-state index in [2.05, 4.69) is 0 Å². The van der Waals surface area contributed by atoms with Crippen molar-refractivity contribution in [2.24, 2.45) is 5.92 Å². The van der Waals surface area contributed by atoms with Gasteiger partial charge in [-0.25, -0.2) is 8.42 Å². The van der Waals surface area contributed by atoms with Gasteiger partial charge in [0.05, 0.1) is 16.1 Å². The fourth-order valence-electron chi connectivity index (χ4n) is 2.65. The molecule has 0 saturated heterocycles. The van der Waals surface area contributed by atoms with E-state index in [1.807, 2.05) is 6.92 Å². The van der Waals surface area contributed by atoms with E-state index < -0.39 is 27.0 Å². The van der Waals surface area contributed by atoms with Crippen LogP contribution in [0.1, 0.15) is 31.2 Å². The average molecular weight is 282 g/mol. The molecule has 0 aromatic heterocycles. The molecule has 1 saturated carbocycles. The third-order valence-electron chi connectivity index (χ3n) is 3.77. The number of carboxylic acid groups (broad SMARTS) is 1. The van der Waals surface area contributed by atoms with E-state index in [4.69, 9.17) is 0 Å². The van der Waals surface area contributed by atoms with Crippen LogP contribution in [0.15, 0.2) is 29.2 Å². The number of carbonyl (C=O) groups is 1. The fraction of sp³-hybridized carbons (Fsp3) is 0.500. The first-order valence-corrected chi connectivity index (χ1v) is 8.01. The van der Waals surface area contributed by atoms with Crippen LogP contribution >= 0.6 is 0 Å². The first-order chi connectivity index (χ1) is 8.93. The summed E-state index contributed by atoms with van der Waals surface area (Å²) in [5.74, 6) is -1.78. The highest BCUT2D eigenvalue weighted by Crippen LogP contribution is 2.33. The van der Waals surface area contributed by atoms with Crippen molar-refractivity contribution < 1.29 is 18.3 Å². The van der Waals surface area contributed by atoms with Gasteiger partial charge in [-0.2, -0.15) is 0 Å². The van der Waals surface area contributed by atoms with E-state index in [0.29, 0.717) is 12.8 Å². The molecule has 1 aromatic carbocycles. The molecule has 1 aliphatic carbocycles. The molecule has 2 rings (SSSR count). The number of hydrogen-bond acceptors (Lipinski definition) is 3. The second-order valence-corrected chi connectivity index (χ2v) is 7.29. The maximum Gasteiger partial charge on any atom is 0.307 e. The Morgan fingerprint density at radius 3 is 2.32 bits per heavy atom. The van der Waals surface area contributed by atoms with Gasteiger partial charge in [-0.3, -0.25) is 4.79 Å². The molecule has 0 heterocycles. The number of aliphatic carboxylic acids is 1. The quantitative estimate of drug-likeness (QED) is 0.924. The van der Waals surface area contributed by atoms with Gasteiger partial charge >= 0.3 is 5.97 Å². The summed E-state index contributed by atoms with van der Waals surface area (Å²) in [5.41, 5.74) is 0.984. The molecule has 104 valence electrons. The standard InChI is InChI=1S/C14H18O4S/c1-10-6-8-11(9-7-10)19(17,18)13-5-3-2-4-12(13)14(15)16/h6-9,12-13H,2-5H2,1H3,(H,15,16)/t12-,13-/m1/s1. The Morgan fingerprint density at radius 1 is 1.16 bits per heavy atom. The van der Waals surface area contributed by atoms with Crippen molar-refractivity contribution in [3.8, 4) is 0 Å². The van der Waals surface area contributed by atoms with Crippen LogP contribution in [0.4, 0.5) is 0 Å². The molecule has 1 aromatic rings. The number of hydrogen-bond donors (Lipinski definition) is 1. The molecule has 0 bridgehead atoms. The van der Waals surface area contributed by atoms with Gasteiger partial charge in [-0.15, -0.1) is 0 Å². The summed E-state index contributed by atoms with van der Waals surface area (Å²) in [6.45, 7) is 1.89. The van der Waals surface area contributed by atoms with Crippen LogP contribution in [0.25, 0.3) is 0 Å². The topological polar surface area (TPSA) is 71.4 Å². The van der Waals surface area contributed by atoms with Crippen LogP contribution in [0, 0.1) is 12.8 Å². The van der Waals surface area contributed by atoms with Crippen molar-refractivity contribution in [1.82, 2.24) is 0 Å². The predicted molar refractivity (Wildman–Crippen MR) is 71.7 cm³/mol. The highest BCUT2D eigenvalue weighted by atomic mass is 32.2. The fourth-order valence-corrected chi connectivity index (χ4v) is 4.68. The molecule has 4 nitrogen and oxygen atoms in total. The van der Waals surface area contributed by atoms with Gasteiger partial charge in [-0.05, 0) is 31.9 Å². The molecule has 1 fully saturated rings. The van der Waals surface area contributed by atoms with Crippen LogP contribution in [0.5, 0.6) is 0 Å². The molecular formula is C14H18O4S. The zero-order valence-corrected chi connectivity index (χ0v) is 11.7. The third-order valence-corrected chi connectivity index (χ3v) is 6.06. The number of carboxylic acids is 1. The Labute approximate surface area is 113 Å². The van der Waals surface area contributed by atoms with E-state index in [1.54, 1.807) is 24.3 Å². The van der Waals surface area contributed by atoms with Crippen LogP contribution < -0.4 is 0 Å². The van der Waals surface area contributed by atoms with Crippen molar-refractivity contribution in [2.45, 2.75) is 42.8 Å². The predicted octanol–water partition coefficient (Wildman–Crippen LogP) is 2.41. The number of rotatable bonds is 3. The summed E-state index contributed by atoms with van der Waals surface area (Å²) in [5, 5.41) is 8.41. The molecule has 5 heteroatoms. The van der Waals surface area contributed by atoms with E-state index in [-0.39, 0.29) is 4.90 Å². The van der Waals surface area contributed by atoms with Gasteiger partial charge in [0.1, 0.15) is 0 Å². The lowest BCUT2D eigenvalue weighted by Crippen LogP contribution is -2.37. The summed E-state index contributed by atoms with van der Waals surface area (Å²) in [6, 6.07) is 6.62. The second-order valence-electron chi connectivity index (χ2n) is 5.13. The van der Waals surface area contributed by atoms with Crippen molar-refractivity contribution in [1.29, 1.82) is 0 Å². The maximum atomic E-state index is 12.6. The Balaban J connectivity index is 2.37. The molecule has 0 unspecified atom stereocenters. The minimum absolute atomic E-state index is 0.233. The molecule has 0 aliphatic heterocycles. The van der Waals surface area contributed by atoms with Gasteiger partial charge in [0.15, 0.2) is 9.84 Å². The van der Waals surface area contributed by atoms with Gasteiger partial charge < -0.3 is 5.11 Å². The van der Waals surface area contributed by atoms with Crippen molar-refractivity contribution in [2.75, 3.05) is 0 Å². The smallest absolute Gasteiger partial charge is 0.307 e. The van der Waals surface area contributed by atoms with Crippen molar-refractivity contribution >= 4 is 15.8 Å². The normalized spacial score (nSPS) is 24.1. The largest absolute Gasteiger partial charge is 0.481 e. The lowest BCUT2D eigenvalue weighted by molar-refractivity contribution is -0.142. The van der Waals surface area contributed by atoms with E-state index in [9.17, 15) is 18.3 Å². The SMILES string of the molecule is Cc1ccc(S(=O)(=O)[C@@H]2CCCC[C@H]2C(=O)O)cc1. The number of benzene rings is 1. The molecule has 1 aliphatic rings. The summed E-state index contributed by atoms with van der Waals surface area (Å²) < 4.78 is 25.1. The van der Waals surface area contributed by atoms with E-state index in [1.165, 1.54) is 0 Å². The number of sulfone groups is 1. The van der Waals surface area contributed by atoms with Gasteiger partial charge in [-0.1, -0.05) is 30.5 Å². The van der Waals surface area contributed by atoms with Crippen molar-refractivity contribution in [3.63, 3.8) is 0 Å². The zero-order valence-electron chi connectivity index (χ0n) is 10.9. The Bertz CT molecular complexity index is 560. The van der Waals surface area contributed by atoms with Crippen molar-refractivity contribution in [3.05, 3.63) is 29.8 Å². The molecule has 0 radical (unpaired) electrons. The summed E-state index contributed by atoms with van der Waals surface area (Å²) in [6.07, 6.45) is 2.45. The highest BCUT2D eigenvalue weighted by Gasteiger charge is 2.40. The molecule has 2 atom stereocenters. The maximum absolute atomic E-state index is 12.6. The summed E-state index contributed by atoms with van der Waals surface area (Å²) >= 11 is 0. The molecule has 19 heavy (non-hydrogen) atoms. The number of aryl methyl sites for hydroxylation is 1. The molecular weight excluding hydrogens is 264 g/mol. The minimum Gasteiger partial charge on any atom is -0.481 e. The third kappa shape index (κ3) is 2.81. The molecule has 0 spiro atoms. The zero-order chi connectivity index (χ0) is 14.0. The Hall–Kier alpha value is -1.36. The van der Waals surface area contributed by atoms with Crippen LogP contribution in [0.3, 0.4) is 0 Å². The van der Waals surface area contributed by atoms with Crippen LogP contribution in [-0.4, -0.2) is 24.7 Å². The van der Waals surface area contributed by atoms with Crippen LogP contribution in [0.2, 0.25) is 0 Å². The molecule has 0 amide bonds.